The van der Waals surface area contributed by atoms with Gasteiger partial charge in [-0.3, -0.25) is 0 Å². The summed E-state index contributed by atoms with van der Waals surface area (Å²) < 4.78 is 72.0. The quantitative estimate of drug-likeness (QED) is 0.0903. The number of quaternary nitrogens is 1. The number of ether oxygens (including phenoxy) is 2. The fourth-order valence-corrected chi connectivity index (χ4v) is 7.22. The third-order valence-electron chi connectivity index (χ3n) is 10.2. The monoisotopic (exact) mass is 813 g/mol. The van der Waals surface area contributed by atoms with E-state index in [4.69, 9.17) is 19.6 Å². The van der Waals surface area contributed by atoms with Gasteiger partial charge in [-0.1, -0.05) is 77.9 Å². The number of hydrogen-bond acceptors (Lipinski definition) is 9. The fourth-order valence-electron chi connectivity index (χ4n) is 7.22. The zero-order valence-electron chi connectivity index (χ0n) is 33.4. The third kappa shape index (κ3) is 8.39. The summed E-state index contributed by atoms with van der Waals surface area (Å²) in [5.41, 5.74) is 3.68. The zero-order valence-corrected chi connectivity index (χ0v) is 33.4. The van der Waals surface area contributed by atoms with Crippen molar-refractivity contribution in [1.82, 2.24) is 20.4 Å². The standard InChI is InChI=1S/C46H41F4N8O2/c1-45(2,3)60-28-30-13-17-32(18-14-30)40-22-20-34(55-57-40)25-58(24-33-19-21-39(56-54-33)31-15-11-29(12-16-31)27-59-4)26-42-41(23-51-58)52-46(53-42,35-7-5-9-37(47)43(35)49)36-8-6-10-38(48)44(36)50/h5-23H,24-28H2,1-4H3/q+1. The molecule has 304 valence electrons. The highest BCUT2D eigenvalue weighted by Gasteiger charge is 2.48. The number of hydrogen-bond donors (Lipinski definition) is 0. The number of aliphatic imine (C=N–C) groups is 2. The molecule has 14 heteroatoms. The molecule has 1 atom stereocenters. The van der Waals surface area contributed by atoms with Crippen LogP contribution in [-0.4, -0.2) is 61.9 Å². The number of nitrogens with zero attached hydrogens (tertiary/aromatic N) is 8. The van der Waals surface area contributed by atoms with Crippen LogP contribution in [-0.2, 0) is 41.4 Å². The van der Waals surface area contributed by atoms with E-state index in [0.717, 1.165) is 34.4 Å². The molecular formula is C46H41F4N8O2+. The summed E-state index contributed by atoms with van der Waals surface area (Å²) in [6.07, 6.45) is 1.47. The van der Waals surface area contributed by atoms with Crippen LogP contribution in [0.1, 0.15) is 54.4 Å². The molecule has 0 radical (unpaired) electrons. The van der Waals surface area contributed by atoms with Crippen LogP contribution in [0.4, 0.5) is 17.6 Å². The molecule has 0 bridgehead atoms. The molecule has 4 aromatic carbocycles. The highest BCUT2D eigenvalue weighted by Crippen LogP contribution is 2.43. The lowest BCUT2D eigenvalue weighted by atomic mass is 9.91. The molecule has 8 rings (SSSR count). The molecule has 10 nitrogen and oxygen atoms in total. The predicted octanol–water partition coefficient (Wildman–Crippen LogP) is 8.93. The summed E-state index contributed by atoms with van der Waals surface area (Å²) >= 11 is 0. The van der Waals surface area contributed by atoms with Gasteiger partial charge in [-0.05, 0) is 68.3 Å². The first kappa shape index (κ1) is 40.4. The van der Waals surface area contributed by atoms with E-state index in [0.29, 0.717) is 41.7 Å². The highest BCUT2D eigenvalue weighted by atomic mass is 19.2. The van der Waals surface area contributed by atoms with Gasteiger partial charge in [-0.15, -0.1) is 10.2 Å². The molecule has 1 unspecified atom stereocenters. The number of halogens is 4. The molecule has 60 heavy (non-hydrogen) atoms. The van der Waals surface area contributed by atoms with Gasteiger partial charge in [0.2, 0.25) is 5.66 Å². The van der Waals surface area contributed by atoms with E-state index in [9.17, 15) is 8.78 Å². The maximum atomic E-state index is 15.7. The van der Waals surface area contributed by atoms with Crippen LogP contribution in [0.15, 0.2) is 124 Å². The molecule has 2 aliphatic rings. The van der Waals surface area contributed by atoms with E-state index >= 15 is 8.78 Å². The molecule has 2 aromatic heterocycles. The van der Waals surface area contributed by atoms with E-state index in [1.54, 1.807) is 7.11 Å². The van der Waals surface area contributed by atoms with Crippen molar-refractivity contribution in [2.45, 2.75) is 58.3 Å². The molecule has 0 saturated heterocycles. The van der Waals surface area contributed by atoms with Crippen molar-refractivity contribution >= 4 is 17.6 Å². The Morgan fingerprint density at radius 3 is 1.60 bits per heavy atom. The summed E-state index contributed by atoms with van der Waals surface area (Å²) in [4.78, 5) is 9.50. The van der Waals surface area contributed by atoms with Crippen molar-refractivity contribution in [3.8, 4) is 22.5 Å². The van der Waals surface area contributed by atoms with Gasteiger partial charge < -0.3 is 9.47 Å². The van der Waals surface area contributed by atoms with E-state index in [1.807, 2.05) is 93.6 Å². The van der Waals surface area contributed by atoms with Crippen molar-refractivity contribution in [3.05, 3.63) is 166 Å². The predicted molar refractivity (Wildman–Crippen MR) is 220 cm³/mol. The lowest BCUT2D eigenvalue weighted by Crippen LogP contribution is -2.50. The molecule has 6 aromatic rings. The Balaban J connectivity index is 1.14. The van der Waals surface area contributed by atoms with Crippen molar-refractivity contribution < 1.29 is 31.6 Å². The Hall–Kier alpha value is -6.35. The molecule has 4 heterocycles. The average molecular weight is 814 g/mol. The van der Waals surface area contributed by atoms with Crippen LogP contribution in [0, 0.1) is 23.3 Å². The number of fused-ring (bicyclic) bond motifs is 1. The Bertz CT molecular complexity index is 2560. The van der Waals surface area contributed by atoms with E-state index in [1.165, 1.54) is 30.5 Å². The van der Waals surface area contributed by atoms with Crippen LogP contribution < -0.4 is 0 Å². The van der Waals surface area contributed by atoms with E-state index in [2.05, 4.69) is 25.4 Å². The minimum Gasteiger partial charge on any atom is -0.380 e. The molecular weight excluding hydrogens is 773 g/mol. The van der Waals surface area contributed by atoms with Gasteiger partial charge in [0.1, 0.15) is 48.7 Å². The van der Waals surface area contributed by atoms with Crippen molar-refractivity contribution in [2.24, 2.45) is 15.1 Å². The van der Waals surface area contributed by atoms with Crippen molar-refractivity contribution in [3.63, 3.8) is 0 Å². The van der Waals surface area contributed by atoms with Gasteiger partial charge in [0.05, 0.1) is 30.2 Å². The van der Waals surface area contributed by atoms with E-state index in [-0.39, 0.29) is 46.7 Å². The van der Waals surface area contributed by atoms with Gasteiger partial charge in [-0.2, -0.15) is 14.8 Å². The third-order valence-corrected chi connectivity index (χ3v) is 10.2. The second-order valence-corrected chi connectivity index (χ2v) is 15.8. The Labute approximate surface area is 344 Å². The van der Waals surface area contributed by atoms with Crippen molar-refractivity contribution in [2.75, 3.05) is 13.7 Å². The summed E-state index contributed by atoms with van der Waals surface area (Å²) in [6.45, 7) is 7.45. The molecule has 0 N–H and O–H groups in total. The molecule has 0 saturated carbocycles. The minimum absolute atomic E-state index is 0.0525. The van der Waals surface area contributed by atoms with Gasteiger partial charge in [0, 0.05) is 29.4 Å². The maximum absolute atomic E-state index is 15.7. The normalized spacial score (nSPS) is 17.0. The number of aromatic nitrogens is 4. The summed E-state index contributed by atoms with van der Waals surface area (Å²) in [5, 5.41) is 23.2. The Morgan fingerprint density at radius 1 is 0.617 bits per heavy atom. The van der Waals surface area contributed by atoms with Gasteiger partial charge in [0.25, 0.3) is 0 Å². The number of methoxy groups -OCH3 is 1. The fraction of sp³-hybridized carbons (Fsp3) is 0.239. The SMILES string of the molecule is COCc1ccc(-c2ccc(C[N+]3(Cc4ccc(-c5ccc(COC(C)(C)C)cc5)nn4)CC4=NC(c5cccc(F)c5F)(c5cccc(F)c5F)N=C4C=N3)nn2)cc1. The van der Waals surface area contributed by atoms with Crippen LogP contribution >= 0.6 is 0 Å². The summed E-state index contributed by atoms with van der Waals surface area (Å²) in [7, 11) is 1.64. The van der Waals surface area contributed by atoms with Crippen LogP contribution in [0.5, 0.6) is 0 Å². The molecule has 0 aliphatic carbocycles. The molecule has 2 aliphatic heterocycles. The Morgan fingerprint density at radius 2 is 1.13 bits per heavy atom. The lowest BCUT2D eigenvalue weighted by Gasteiger charge is -2.33. The first-order chi connectivity index (χ1) is 28.8. The van der Waals surface area contributed by atoms with Gasteiger partial charge in [0.15, 0.2) is 23.3 Å². The maximum Gasteiger partial charge on any atom is 0.208 e. The first-order valence-corrected chi connectivity index (χ1v) is 19.3. The van der Waals surface area contributed by atoms with Crippen LogP contribution in [0.2, 0.25) is 0 Å². The second-order valence-electron chi connectivity index (χ2n) is 15.8. The van der Waals surface area contributed by atoms with Gasteiger partial charge >= 0.3 is 0 Å². The smallest absolute Gasteiger partial charge is 0.208 e. The van der Waals surface area contributed by atoms with Crippen molar-refractivity contribution in [1.29, 1.82) is 0 Å². The second kappa shape index (κ2) is 16.4. The summed E-state index contributed by atoms with van der Waals surface area (Å²) in [6, 6.07) is 30.2. The number of benzene rings is 4. The first-order valence-electron chi connectivity index (χ1n) is 19.3. The number of rotatable bonds is 12. The topological polar surface area (TPSA) is 107 Å². The van der Waals surface area contributed by atoms with E-state index < -0.39 is 28.9 Å². The summed E-state index contributed by atoms with van der Waals surface area (Å²) in [5.74, 6) is -4.92. The Kier molecular flexibility index (Phi) is 11.0. The molecule has 0 spiro atoms. The van der Waals surface area contributed by atoms with Crippen LogP contribution in [0.25, 0.3) is 22.5 Å². The molecule has 0 amide bonds. The van der Waals surface area contributed by atoms with Crippen LogP contribution in [0.3, 0.4) is 0 Å². The minimum atomic E-state index is -2.18. The highest BCUT2D eigenvalue weighted by molar-refractivity contribution is 6.64. The molecule has 0 fully saturated rings. The average Bonchev–Trinajstić information content (AvgIpc) is 3.62. The lowest BCUT2D eigenvalue weighted by molar-refractivity contribution is -0.952. The zero-order chi connectivity index (χ0) is 42.1. The largest absolute Gasteiger partial charge is 0.380 e. The van der Waals surface area contributed by atoms with Gasteiger partial charge in [-0.25, -0.2) is 27.5 Å².